The molecule has 1 aromatic carbocycles. The van der Waals surface area contributed by atoms with Crippen LogP contribution in [0.4, 0.5) is 17.6 Å². The third-order valence-electron chi connectivity index (χ3n) is 1.46. The fraction of sp³-hybridized carbons (Fsp3) is 0. The molecule has 4 nitrogen and oxygen atoms in total. The smallest absolute Gasteiger partial charge is 0.503 e. The van der Waals surface area contributed by atoms with Crippen LogP contribution >= 0.6 is 0 Å². The molecular weight excluding hydrogens is 267 g/mol. The van der Waals surface area contributed by atoms with Gasteiger partial charge in [0.15, 0.2) is 22.3 Å². The molecular formula is C6H2F4NaO4S+. The summed E-state index contributed by atoms with van der Waals surface area (Å²) in [5.41, 5.74) is 0. The molecule has 0 aliphatic heterocycles. The van der Waals surface area contributed by atoms with Crippen molar-refractivity contribution in [2.24, 2.45) is 0 Å². The van der Waals surface area contributed by atoms with E-state index in [1.807, 2.05) is 0 Å². The predicted octanol–water partition coefficient (Wildman–Crippen LogP) is -1.80. The predicted molar refractivity (Wildman–Crippen MR) is 37.8 cm³/mol. The van der Waals surface area contributed by atoms with Gasteiger partial charge in [0.05, 0.1) is 0 Å². The average Bonchev–Trinajstić information content (AvgIpc) is 2.09. The Morgan fingerprint density at radius 2 is 1.19 bits per heavy atom. The topological polar surface area (TPSA) is 74.6 Å². The van der Waals surface area contributed by atoms with Crippen molar-refractivity contribution in [3.8, 4) is 5.75 Å². The van der Waals surface area contributed by atoms with Crippen LogP contribution in [0.3, 0.4) is 0 Å². The van der Waals surface area contributed by atoms with E-state index >= 15 is 0 Å². The number of rotatable bonds is 1. The van der Waals surface area contributed by atoms with E-state index in [-0.39, 0.29) is 29.6 Å². The van der Waals surface area contributed by atoms with Gasteiger partial charge in [-0.25, -0.2) is 8.78 Å². The number of hydrogen-bond donors (Lipinski definition) is 2. The van der Waals surface area contributed by atoms with Crippen molar-refractivity contribution < 1.29 is 65.2 Å². The maximum absolute atomic E-state index is 12.7. The van der Waals surface area contributed by atoms with E-state index in [0.29, 0.717) is 0 Å². The average molecular weight is 269 g/mol. The summed E-state index contributed by atoms with van der Waals surface area (Å²) < 4.78 is 79.5. The van der Waals surface area contributed by atoms with Crippen LogP contribution in [0.2, 0.25) is 0 Å². The number of phenols is 1. The molecule has 0 saturated carbocycles. The third kappa shape index (κ3) is 2.48. The molecule has 0 aliphatic rings. The van der Waals surface area contributed by atoms with Crippen LogP contribution in [0.15, 0.2) is 4.90 Å². The Morgan fingerprint density at radius 3 is 1.44 bits per heavy atom. The molecule has 1 aromatic rings. The Morgan fingerprint density at radius 1 is 0.875 bits per heavy atom. The van der Waals surface area contributed by atoms with E-state index in [4.69, 9.17) is 9.66 Å². The van der Waals surface area contributed by atoms with Crippen molar-refractivity contribution in [2.75, 3.05) is 0 Å². The van der Waals surface area contributed by atoms with Gasteiger partial charge >= 0.3 is 39.7 Å². The summed E-state index contributed by atoms with van der Waals surface area (Å²) >= 11 is 0. The molecule has 16 heavy (non-hydrogen) atoms. The van der Waals surface area contributed by atoms with Gasteiger partial charge in [-0.1, -0.05) is 0 Å². The molecule has 0 amide bonds. The van der Waals surface area contributed by atoms with Gasteiger partial charge in [0.1, 0.15) is 0 Å². The molecule has 0 heterocycles. The zero-order chi connectivity index (χ0) is 12.0. The van der Waals surface area contributed by atoms with Gasteiger partial charge in [0.25, 0.3) is 0 Å². The minimum absolute atomic E-state index is 0. The second-order valence-corrected chi connectivity index (χ2v) is 3.77. The summed E-state index contributed by atoms with van der Waals surface area (Å²) in [5, 5.41) is 8.45. The summed E-state index contributed by atoms with van der Waals surface area (Å²) in [7, 11) is -5.47. The van der Waals surface area contributed by atoms with Crippen LogP contribution in [0, 0.1) is 23.3 Å². The van der Waals surface area contributed by atoms with Gasteiger partial charge < -0.3 is 5.11 Å². The standard InChI is InChI=1S/C6H2F4O4S.Na/c7-1-3(9)6(15(12,13)14)4(10)2(8)5(1)11;/h11H,(H,12,13,14);/q;+1. The van der Waals surface area contributed by atoms with Crippen molar-refractivity contribution in [1.82, 2.24) is 0 Å². The third-order valence-corrected chi connectivity index (χ3v) is 2.33. The molecule has 0 atom stereocenters. The second kappa shape index (κ2) is 4.88. The van der Waals surface area contributed by atoms with Crippen LogP contribution in [0.5, 0.6) is 5.75 Å². The van der Waals surface area contributed by atoms with Gasteiger partial charge in [0, 0.05) is 0 Å². The SMILES string of the molecule is O=S(=O)(O)c1c(F)c(F)c(O)c(F)c1F.[Na+]. The molecule has 0 spiro atoms. The molecule has 0 fully saturated rings. The largest absolute Gasteiger partial charge is 1.00 e. The molecule has 84 valence electrons. The summed E-state index contributed by atoms with van der Waals surface area (Å²) in [4.78, 5) is -2.18. The molecule has 0 aliphatic carbocycles. The summed E-state index contributed by atoms with van der Waals surface area (Å²) in [5.74, 6) is -11.4. The number of aromatic hydroxyl groups is 1. The van der Waals surface area contributed by atoms with E-state index in [1.54, 1.807) is 0 Å². The molecule has 2 N–H and O–H groups in total. The first-order valence-electron chi connectivity index (χ1n) is 3.20. The van der Waals surface area contributed by atoms with Gasteiger partial charge in [0.2, 0.25) is 11.6 Å². The summed E-state index contributed by atoms with van der Waals surface area (Å²) in [6.07, 6.45) is 0. The first-order chi connectivity index (χ1) is 6.68. The fourth-order valence-electron chi connectivity index (χ4n) is 0.826. The van der Waals surface area contributed by atoms with E-state index in [1.165, 1.54) is 0 Å². The van der Waals surface area contributed by atoms with Crippen LogP contribution in [-0.2, 0) is 10.1 Å². The van der Waals surface area contributed by atoms with Crippen molar-refractivity contribution in [3.05, 3.63) is 23.3 Å². The van der Waals surface area contributed by atoms with E-state index in [9.17, 15) is 26.0 Å². The minimum Gasteiger partial charge on any atom is -0.503 e. The number of halogens is 4. The number of hydrogen-bond acceptors (Lipinski definition) is 3. The molecule has 1 rings (SSSR count). The van der Waals surface area contributed by atoms with Crippen molar-refractivity contribution in [2.45, 2.75) is 4.90 Å². The van der Waals surface area contributed by atoms with Crippen LogP contribution in [-0.4, -0.2) is 18.1 Å². The van der Waals surface area contributed by atoms with Crippen LogP contribution in [0.1, 0.15) is 0 Å². The molecule has 0 unspecified atom stereocenters. The maximum atomic E-state index is 12.7. The fourth-order valence-corrected chi connectivity index (χ4v) is 1.46. The zero-order valence-electron chi connectivity index (χ0n) is 7.63. The van der Waals surface area contributed by atoms with Crippen LogP contribution < -0.4 is 29.6 Å². The second-order valence-electron chi connectivity index (χ2n) is 2.41. The van der Waals surface area contributed by atoms with Gasteiger partial charge in [-0.05, 0) is 0 Å². The zero-order valence-corrected chi connectivity index (χ0v) is 10.4. The Balaban J connectivity index is 0.00000225. The first-order valence-corrected chi connectivity index (χ1v) is 4.64. The number of phenolic OH excluding ortho intramolecular Hbond substituents is 1. The molecule has 0 bridgehead atoms. The van der Waals surface area contributed by atoms with E-state index in [2.05, 4.69) is 0 Å². The van der Waals surface area contributed by atoms with Crippen LogP contribution in [0.25, 0.3) is 0 Å². The first kappa shape index (κ1) is 15.7. The van der Waals surface area contributed by atoms with E-state index < -0.39 is 44.0 Å². The Bertz CT molecular complexity index is 501. The van der Waals surface area contributed by atoms with E-state index in [0.717, 1.165) is 0 Å². The van der Waals surface area contributed by atoms with Gasteiger partial charge in [-0.3, -0.25) is 4.55 Å². The Labute approximate surface area is 109 Å². The quantitative estimate of drug-likeness (QED) is 0.273. The molecule has 0 radical (unpaired) electrons. The normalized spacial score (nSPS) is 11.1. The van der Waals surface area contributed by atoms with Gasteiger partial charge in [-0.15, -0.1) is 0 Å². The van der Waals surface area contributed by atoms with Crippen molar-refractivity contribution in [3.63, 3.8) is 0 Å². The van der Waals surface area contributed by atoms with Crippen molar-refractivity contribution in [1.29, 1.82) is 0 Å². The molecule has 0 aromatic heterocycles. The summed E-state index contributed by atoms with van der Waals surface area (Å²) in [6.45, 7) is 0. The van der Waals surface area contributed by atoms with Gasteiger partial charge in [-0.2, -0.15) is 17.2 Å². The maximum Gasteiger partial charge on any atom is 1.00 e. The van der Waals surface area contributed by atoms with Crippen molar-refractivity contribution >= 4 is 10.1 Å². The molecule has 10 heteroatoms. The summed E-state index contributed by atoms with van der Waals surface area (Å²) in [6, 6.07) is 0. The number of benzene rings is 1. The monoisotopic (exact) mass is 269 g/mol. The minimum atomic E-state index is -5.47. The Kier molecular flexibility index (Phi) is 4.77. The molecule has 0 saturated heterocycles. The Hall–Kier alpha value is -0.350.